The minimum absolute atomic E-state index is 0.744. The molecule has 0 nitrogen and oxygen atoms in total. The van der Waals surface area contributed by atoms with Gasteiger partial charge in [-0.15, -0.1) is 0 Å². The lowest BCUT2D eigenvalue weighted by atomic mass is 10.1. The molecule has 0 heterocycles. The van der Waals surface area contributed by atoms with Crippen LogP contribution in [0.1, 0.15) is 32.1 Å². The number of halogens is 6. The summed E-state index contributed by atoms with van der Waals surface area (Å²) < 4.78 is 4.50. The van der Waals surface area contributed by atoms with Crippen LogP contribution in [0.25, 0.3) is 0 Å². The first-order chi connectivity index (χ1) is 7.50. The second-order valence-electron chi connectivity index (χ2n) is 3.63. The zero-order chi connectivity index (χ0) is 12.6. The van der Waals surface area contributed by atoms with Crippen molar-refractivity contribution in [2.45, 2.75) is 45.8 Å². The van der Waals surface area contributed by atoms with Gasteiger partial charge in [-0.1, -0.05) is 155 Å². The van der Waals surface area contributed by atoms with E-state index < -0.39 is 0 Å². The van der Waals surface area contributed by atoms with Crippen molar-refractivity contribution in [2.24, 2.45) is 0 Å². The average Bonchev–Trinajstić information content (AvgIpc) is 2.26. The predicted octanol–water partition coefficient (Wildman–Crippen LogP) is 6.98. The third-order valence-electron chi connectivity index (χ3n) is 2.25. The summed E-state index contributed by atoms with van der Waals surface area (Å²) in [4.78, 5) is 0. The zero-order valence-electron chi connectivity index (χ0n) is 8.82. The van der Waals surface area contributed by atoms with Gasteiger partial charge in [-0.05, 0) is 17.3 Å². The molecule has 16 heavy (non-hydrogen) atoms. The summed E-state index contributed by atoms with van der Waals surface area (Å²) in [5.41, 5.74) is 0. The number of hydrogen-bond donors (Lipinski definition) is 0. The van der Waals surface area contributed by atoms with Crippen LogP contribution < -0.4 is 0 Å². The van der Waals surface area contributed by atoms with Gasteiger partial charge >= 0.3 is 0 Å². The molecule has 0 N–H and O–H groups in total. The highest BCUT2D eigenvalue weighted by Gasteiger charge is 2.26. The summed E-state index contributed by atoms with van der Waals surface area (Å²) in [7, 11) is 0. The Bertz CT molecular complexity index is 163. The van der Waals surface area contributed by atoms with Crippen LogP contribution in [0.3, 0.4) is 0 Å². The summed E-state index contributed by atoms with van der Waals surface area (Å²) in [6.07, 6.45) is 7.07. The fourth-order valence-electron chi connectivity index (χ4n) is 1.29. The quantitative estimate of drug-likeness (QED) is 0.133. The second kappa shape index (κ2) is 13.1. The zero-order valence-corrected chi connectivity index (χ0v) is 21.8. The van der Waals surface area contributed by atoms with E-state index in [1.807, 2.05) is 0 Å². The molecule has 0 fully saturated rings. The standard InChI is InChI=1S/C10H16I6/c11-6-4-2-1-3-5-7(12)8(13)9(14)10(15)16/h7-10H,1-6H2. The minimum atomic E-state index is 0.744. The maximum atomic E-state index is 2.66. The van der Waals surface area contributed by atoms with Crippen LogP contribution in [-0.4, -0.2) is 18.1 Å². The van der Waals surface area contributed by atoms with Crippen molar-refractivity contribution in [1.82, 2.24) is 0 Å². The fraction of sp³-hybridized carbons (Fsp3) is 1.00. The minimum Gasteiger partial charge on any atom is -0.0864 e. The van der Waals surface area contributed by atoms with Crippen molar-refractivity contribution in [3.05, 3.63) is 0 Å². The number of rotatable bonds is 9. The van der Waals surface area contributed by atoms with Gasteiger partial charge in [-0.3, -0.25) is 0 Å². The summed E-state index contributed by atoms with van der Waals surface area (Å²) >= 11 is 15.5. The highest BCUT2D eigenvalue weighted by Crippen LogP contribution is 2.34. The smallest absolute Gasteiger partial charge is 0.0754 e. The third-order valence-corrected chi connectivity index (χ3v) is 14.6. The maximum Gasteiger partial charge on any atom is 0.0754 e. The van der Waals surface area contributed by atoms with E-state index in [1.54, 1.807) is 0 Å². The molecule has 3 unspecified atom stereocenters. The van der Waals surface area contributed by atoms with Crippen LogP contribution in [0.4, 0.5) is 0 Å². The van der Waals surface area contributed by atoms with E-state index in [0.29, 0.717) is 0 Å². The molecule has 6 heteroatoms. The number of alkyl halides is 6. The number of hydrogen-bond acceptors (Lipinski definition) is 0. The van der Waals surface area contributed by atoms with E-state index in [1.165, 1.54) is 36.5 Å². The Labute approximate surface area is 182 Å². The normalized spacial score (nSPS) is 17.4. The Kier molecular flexibility index (Phi) is 16.6. The van der Waals surface area contributed by atoms with E-state index in [2.05, 4.69) is 136 Å². The molecule has 0 aromatic carbocycles. The third kappa shape index (κ3) is 10.2. The fourth-order valence-corrected chi connectivity index (χ4v) is 7.27. The van der Waals surface area contributed by atoms with Gasteiger partial charge in [-0.25, -0.2) is 0 Å². The molecular weight excluding hydrogens is 882 g/mol. The molecule has 0 aromatic rings. The average molecular weight is 898 g/mol. The first-order valence-electron chi connectivity index (χ1n) is 5.27. The largest absolute Gasteiger partial charge is 0.0864 e. The Morgan fingerprint density at radius 1 is 0.688 bits per heavy atom. The highest BCUT2D eigenvalue weighted by molar-refractivity contribution is 14.2. The summed E-state index contributed by atoms with van der Waals surface area (Å²) in [6, 6.07) is 0. The molecule has 0 amide bonds. The lowest BCUT2D eigenvalue weighted by molar-refractivity contribution is 0.624. The van der Waals surface area contributed by atoms with Crippen LogP contribution in [-0.2, 0) is 0 Å². The van der Waals surface area contributed by atoms with Crippen molar-refractivity contribution in [1.29, 1.82) is 0 Å². The van der Waals surface area contributed by atoms with Gasteiger partial charge in [0, 0.05) is 11.8 Å². The van der Waals surface area contributed by atoms with Gasteiger partial charge in [0.05, 0.1) is 1.93 Å². The summed E-state index contributed by atoms with van der Waals surface area (Å²) in [5, 5.41) is 0. The van der Waals surface area contributed by atoms with Crippen molar-refractivity contribution < 1.29 is 0 Å². The molecule has 0 spiro atoms. The van der Waals surface area contributed by atoms with Crippen LogP contribution in [0.2, 0.25) is 0 Å². The van der Waals surface area contributed by atoms with Crippen LogP contribution in [0.5, 0.6) is 0 Å². The van der Waals surface area contributed by atoms with E-state index in [-0.39, 0.29) is 0 Å². The topological polar surface area (TPSA) is 0 Å². The Balaban J connectivity index is 3.66. The molecule has 0 aliphatic rings. The molecular formula is C10H16I6. The molecule has 3 atom stereocenters. The molecule has 0 saturated heterocycles. The van der Waals surface area contributed by atoms with Crippen LogP contribution >= 0.6 is 136 Å². The first-order valence-corrected chi connectivity index (χ1v) is 13.0. The Hall–Kier alpha value is 4.38. The molecule has 0 radical (unpaired) electrons. The van der Waals surface area contributed by atoms with E-state index in [4.69, 9.17) is 0 Å². The molecule has 0 bridgehead atoms. The molecule has 0 rings (SSSR count). The van der Waals surface area contributed by atoms with E-state index >= 15 is 0 Å². The predicted molar refractivity (Wildman–Crippen MR) is 127 cm³/mol. The molecule has 98 valence electrons. The van der Waals surface area contributed by atoms with Gasteiger partial charge in [-0.2, -0.15) is 0 Å². The van der Waals surface area contributed by atoms with Gasteiger partial charge in [0.2, 0.25) is 0 Å². The highest BCUT2D eigenvalue weighted by atomic mass is 127. The Morgan fingerprint density at radius 2 is 1.25 bits per heavy atom. The van der Waals surface area contributed by atoms with Crippen molar-refractivity contribution in [3.63, 3.8) is 0 Å². The second-order valence-corrected chi connectivity index (χ2v) is 14.3. The van der Waals surface area contributed by atoms with E-state index in [9.17, 15) is 0 Å². The SMILES string of the molecule is ICCCCCCC(I)C(I)C(I)C(I)I. The summed E-state index contributed by atoms with van der Waals surface area (Å²) in [6.45, 7) is 0. The molecule has 0 saturated carbocycles. The first kappa shape index (κ1) is 20.4. The van der Waals surface area contributed by atoms with E-state index in [0.717, 1.165) is 13.7 Å². The Morgan fingerprint density at radius 3 is 1.75 bits per heavy atom. The molecule has 0 aromatic heterocycles. The maximum absolute atomic E-state index is 2.66. The van der Waals surface area contributed by atoms with Crippen LogP contribution in [0.15, 0.2) is 0 Å². The van der Waals surface area contributed by atoms with Crippen molar-refractivity contribution >= 4 is 136 Å². The summed E-state index contributed by atoms with van der Waals surface area (Å²) in [5.74, 6) is 0. The molecule has 0 aliphatic heterocycles. The van der Waals surface area contributed by atoms with Gasteiger partial charge < -0.3 is 0 Å². The van der Waals surface area contributed by atoms with Gasteiger partial charge in [0.1, 0.15) is 0 Å². The lowest BCUT2D eigenvalue weighted by Crippen LogP contribution is -2.28. The molecule has 0 aliphatic carbocycles. The van der Waals surface area contributed by atoms with Gasteiger partial charge in [0.25, 0.3) is 0 Å². The monoisotopic (exact) mass is 898 g/mol. The lowest BCUT2D eigenvalue weighted by Gasteiger charge is -2.23. The number of unbranched alkanes of at least 4 members (excludes halogenated alkanes) is 3. The van der Waals surface area contributed by atoms with Crippen LogP contribution in [0, 0.1) is 0 Å². The van der Waals surface area contributed by atoms with Crippen molar-refractivity contribution in [3.8, 4) is 0 Å². The van der Waals surface area contributed by atoms with Crippen molar-refractivity contribution in [2.75, 3.05) is 4.43 Å². The van der Waals surface area contributed by atoms with Gasteiger partial charge in [0.15, 0.2) is 0 Å².